The Kier molecular flexibility index (Phi) is 1.93. The minimum absolute atomic E-state index is 1.02. The molecule has 0 fully saturated rings. The number of pyridine rings is 1. The average Bonchev–Trinajstić information content (AvgIpc) is 2.30. The van der Waals surface area contributed by atoms with Gasteiger partial charge in [0.15, 0.2) is 0 Å². The number of hydrogen-bond donors (Lipinski definition) is 0. The Morgan fingerprint density at radius 2 is 1.33 bits per heavy atom. The van der Waals surface area contributed by atoms with Crippen LogP contribution in [0.25, 0.3) is 21.7 Å². The van der Waals surface area contributed by atoms with Gasteiger partial charge >= 0.3 is 0 Å². The first-order chi connectivity index (χ1) is 7.36. The molecule has 0 saturated carbocycles. The second-order valence-corrected chi connectivity index (χ2v) is 4.11. The molecule has 0 radical (unpaired) electrons. The van der Waals surface area contributed by atoms with Gasteiger partial charge in [0, 0.05) is 10.8 Å². The number of aromatic nitrogens is 1. The first kappa shape index (κ1) is 8.82. The van der Waals surface area contributed by atoms with E-state index in [-0.39, 0.29) is 0 Å². The van der Waals surface area contributed by atoms with E-state index in [4.69, 9.17) is 0 Å². The third-order valence-corrected chi connectivity index (χ3v) is 3.08. The van der Waals surface area contributed by atoms with Crippen molar-refractivity contribution >= 4 is 36.4 Å². The maximum Gasteiger partial charge on any atom is 0.0715 e. The van der Waals surface area contributed by atoms with E-state index < -0.39 is 0 Å². The molecule has 3 rings (SSSR count). The van der Waals surface area contributed by atoms with Crippen LogP contribution in [0.1, 0.15) is 0 Å². The van der Waals surface area contributed by atoms with Gasteiger partial charge in [0.1, 0.15) is 0 Å². The molecular formula is C13H10NP. The molecule has 1 heterocycles. The second-order valence-electron chi connectivity index (χ2n) is 3.56. The number of rotatable bonds is 0. The van der Waals surface area contributed by atoms with Gasteiger partial charge in [-0.1, -0.05) is 51.7 Å². The number of para-hydroxylation sites is 1. The third kappa shape index (κ3) is 1.32. The normalized spacial score (nSPS) is 11.0. The summed E-state index contributed by atoms with van der Waals surface area (Å²) in [5.41, 5.74) is 2.07. The van der Waals surface area contributed by atoms with Gasteiger partial charge in [-0.25, -0.2) is 4.98 Å². The molecule has 1 unspecified atom stereocenters. The van der Waals surface area contributed by atoms with Gasteiger partial charge in [-0.05, 0) is 11.5 Å². The van der Waals surface area contributed by atoms with Gasteiger partial charge in [0.2, 0.25) is 0 Å². The lowest BCUT2D eigenvalue weighted by atomic mass is 10.1. The van der Waals surface area contributed by atoms with Crippen LogP contribution >= 0.6 is 9.24 Å². The summed E-state index contributed by atoms with van der Waals surface area (Å²) in [6, 6.07) is 16.6. The fourth-order valence-electron chi connectivity index (χ4n) is 1.93. The zero-order valence-corrected chi connectivity index (χ0v) is 9.30. The second kappa shape index (κ2) is 3.29. The average molecular weight is 211 g/mol. The monoisotopic (exact) mass is 211 g/mol. The fourth-order valence-corrected chi connectivity index (χ4v) is 2.32. The Labute approximate surface area is 90.3 Å². The van der Waals surface area contributed by atoms with Gasteiger partial charge in [0.25, 0.3) is 0 Å². The van der Waals surface area contributed by atoms with E-state index in [1.54, 1.807) is 0 Å². The molecule has 0 saturated heterocycles. The predicted molar refractivity (Wildman–Crippen MR) is 68.6 cm³/mol. The maximum absolute atomic E-state index is 4.57. The van der Waals surface area contributed by atoms with E-state index in [0.717, 1.165) is 11.0 Å². The molecule has 0 aliphatic heterocycles. The molecule has 1 atom stereocenters. The molecule has 0 aliphatic carbocycles. The van der Waals surface area contributed by atoms with Gasteiger partial charge < -0.3 is 0 Å². The van der Waals surface area contributed by atoms with Crippen LogP contribution in [-0.4, -0.2) is 4.98 Å². The van der Waals surface area contributed by atoms with Crippen LogP contribution in [-0.2, 0) is 0 Å². The lowest BCUT2D eigenvalue weighted by Gasteiger charge is -2.05. The van der Waals surface area contributed by atoms with E-state index in [9.17, 15) is 0 Å². The molecule has 0 spiro atoms. The van der Waals surface area contributed by atoms with Crippen molar-refractivity contribution in [1.29, 1.82) is 0 Å². The smallest absolute Gasteiger partial charge is 0.0715 e. The van der Waals surface area contributed by atoms with Crippen molar-refractivity contribution in [3.63, 3.8) is 0 Å². The molecule has 3 aromatic rings. The molecular weight excluding hydrogens is 201 g/mol. The summed E-state index contributed by atoms with van der Waals surface area (Å²) in [6.45, 7) is 0. The summed E-state index contributed by atoms with van der Waals surface area (Å²) in [6.07, 6.45) is 0. The maximum atomic E-state index is 4.57. The summed E-state index contributed by atoms with van der Waals surface area (Å²) in [5, 5.41) is 3.70. The van der Waals surface area contributed by atoms with E-state index in [1.807, 2.05) is 12.1 Å². The third-order valence-electron chi connectivity index (χ3n) is 2.64. The Bertz CT molecular complexity index is 646. The summed E-state index contributed by atoms with van der Waals surface area (Å²) in [7, 11) is 2.71. The first-order valence-electron chi connectivity index (χ1n) is 4.89. The standard InChI is InChI=1S/C13H10NP/c15-13-11-7-2-1-5-9(11)10-6-3-4-8-12(10)14-13/h1-8H,15H2. The molecule has 2 aromatic carbocycles. The topological polar surface area (TPSA) is 12.9 Å². The Morgan fingerprint density at radius 3 is 2.13 bits per heavy atom. The Balaban J connectivity index is 2.64. The van der Waals surface area contributed by atoms with E-state index >= 15 is 0 Å². The highest BCUT2D eigenvalue weighted by molar-refractivity contribution is 7.27. The molecule has 1 nitrogen and oxygen atoms in total. The number of hydrogen-bond acceptors (Lipinski definition) is 1. The number of fused-ring (bicyclic) bond motifs is 3. The molecule has 72 valence electrons. The quantitative estimate of drug-likeness (QED) is 0.411. The van der Waals surface area contributed by atoms with Crippen LogP contribution in [0.15, 0.2) is 48.5 Å². The lowest BCUT2D eigenvalue weighted by molar-refractivity contribution is 1.51. The van der Waals surface area contributed by atoms with Crippen molar-refractivity contribution in [2.45, 2.75) is 0 Å². The van der Waals surface area contributed by atoms with Gasteiger partial charge in [-0.2, -0.15) is 0 Å². The minimum atomic E-state index is 1.02. The SMILES string of the molecule is Pc1nc2ccccc2c2ccccc12. The highest BCUT2D eigenvalue weighted by atomic mass is 31.0. The first-order valence-corrected chi connectivity index (χ1v) is 5.47. The predicted octanol–water partition coefficient (Wildman–Crippen LogP) is 2.89. The van der Waals surface area contributed by atoms with Crippen LogP contribution in [0.5, 0.6) is 0 Å². The largest absolute Gasteiger partial charge is 0.248 e. The van der Waals surface area contributed by atoms with E-state index in [0.29, 0.717) is 0 Å². The van der Waals surface area contributed by atoms with Crippen molar-refractivity contribution in [1.82, 2.24) is 4.98 Å². The highest BCUT2D eigenvalue weighted by Gasteiger charge is 2.03. The molecule has 2 heteroatoms. The summed E-state index contributed by atoms with van der Waals surface area (Å²) in [4.78, 5) is 4.57. The Hall–Kier alpha value is -1.46. The van der Waals surface area contributed by atoms with Crippen molar-refractivity contribution in [3.05, 3.63) is 48.5 Å². The van der Waals surface area contributed by atoms with E-state index in [1.165, 1.54) is 16.2 Å². The number of nitrogens with zero attached hydrogens (tertiary/aromatic N) is 1. The van der Waals surface area contributed by atoms with Crippen molar-refractivity contribution in [2.75, 3.05) is 0 Å². The van der Waals surface area contributed by atoms with Crippen molar-refractivity contribution in [3.8, 4) is 0 Å². The lowest BCUT2D eigenvalue weighted by Crippen LogP contribution is -1.99. The molecule has 15 heavy (non-hydrogen) atoms. The molecule has 0 aliphatic rings. The van der Waals surface area contributed by atoms with Gasteiger partial charge in [-0.3, -0.25) is 0 Å². The fraction of sp³-hybridized carbons (Fsp3) is 0. The number of benzene rings is 2. The molecule has 1 aromatic heterocycles. The van der Waals surface area contributed by atoms with Gasteiger partial charge in [0.05, 0.1) is 11.0 Å². The van der Waals surface area contributed by atoms with Crippen LogP contribution in [0.2, 0.25) is 0 Å². The van der Waals surface area contributed by atoms with Crippen molar-refractivity contribution in [2.24, 2.45) is 0 Å². The molecule has 0 amide bonds. The Morgan fingerprint density at radius 1 is 0.733 bits per heavy atom. The van der Waals surface area contributed by atoms with Crippen LogP contribution < -0.4 is 5.44 Å². The summed E-state index contributed by atoms with van der Waals surface area (Å²) >= 11 is 0. The molecule has 0 bridgehead atoms. The zero-order chi connectivity index (χ0) is 10.3. The van der Waals surface area contributed by atoms with Gasteiger partial charge in [-0.15, -0.1) is 0 Å². The highest BCUT2D eigenvalue weighted by Crippen LogP contribution is 2.22. The molecule has 0 N–H and O–H groups in total. The summed E-state index contributed by atoms with van der Waals surface area (Å²) < 4.78 is 0. The van der Waals surface area contributed by atoms with Crippen LogP contribution in [0.3, 0.4) is 0 Å². The van der Waals surface area contributed by atoms with Crippen LogP contribution in [0, 0.1) is 0 Å². The van der Waals surface area contributed by atoms with Crippen molar-refractivity contribution < 1.29 is 0 Å². The summed E-state index contributed by atoms with van der Waals surface area (Å²) in [5.74, 6) is 0. The van der Waals surface area contributed by atoms with Crippen LogP contribution in [0.4, 0.5) is 0 Å². The van der Waals surface area contributed by atoms with E-state index in [2.05, 4.69) is 50.6 Å². The zero-order valence-electron chi connectivity index (χ0n) is 8.14. The minimum Gasteiger partial charge on any atom is -0.248 e.